The molecule has 162 valence electrons. The van der Waals surface area contributed by atoms with Crippen molar-refractivity contribution in [1.82, 2.24) is 5.32 Å². The maximum atomic E-state index is 13.0. The summed E-state index contributed by atoms with van der Waals surface area (Å²) >= 11 is 5.90. The van der Waals surface area contributed by atoms with Crippen LogP contribution >= 0.6 is 11.6 Å². The summed E-state index contributed by atoms with van der Waals surface area (Å²) < 4.78 is 20.5. The summed E-state index contributed by atoms with van der Waals surface area (Å²) in [6.45, 7) is 0.331. The van der Waals surface area contributed by atoms with Crippen LogP contribution in [0.1, 0.15) is 31.8 Å². The molecular weight excluding hydrogens is 448 g/mol. The second kappa shape index (κ2) is 9.38. The summed E-state index contributed by atoms with van der Waals surface area (Å²) in [6, 6.07) is 18.9. The molecule has 8 heteroatoms. The van der Waals surface area contributed by atoms with Crippen LogP contribution in [0, 0.1) is 0 Å². The molecule has 0 saturated carbocycles. The Bertz CT molecular complexity index is 1240. The van der Waals surface area contributed by atoms with Crippen LogP contribution in [-0.4, -0.2) is 23.0 Å². The lowest BCUT2D eigenvalue weighted by Crippen LogP contribution is -2.25. The molecule has 0 saturated heterocycles. The topological polar surface area (TPSA) is 84.5 Å². The number of ketones is 1. The Balaban J connectivity index is 1.53. The Labute approximate surface area is 192 Å². The van der Waals surface area contributed by atoms with Gasteiger partial charge in [0.1, 0.15) is 10.7 Å². The van der Waals surface area contributed by atoms with Crippen LogP contribution in [0.3, 0.4) is 0 Å². The largest absolute Gasteiger partial charge is 0.497 e. The molecule has 4 rings (SSSR count). The highest BCUT2D eigenvalue weighted by Crippen LogP contribution is 2.29. The molecule has 1 amide bonds. The number of methoxy groups -OCH3 is 1. The van der Waals surface area contributed by atoms with E-state index in [1.165, 1.54) is 6.07 Å². The monoisotopic (exact) mass is 466 g/mol. The zero-order chi connectivity index (χ0) is 22.7. The second-order valence-electron chi connectivity index (χ2n) is 7.05. The summed E-state index contributed by atoms with van der Waals surface area (Å²) in [5.74, 6) is 0.0313. The lowest BCUT2D eigenvalue weighted by Gasteiger charge is -2.19. The molecule has 1 aliphatic rings. The number of amides is 1. The molecule has 1 atom stereocenters. The van der Waals surface area contributed by atoms with Crippen LogP contribution in [0.2, 0.25) is 5.02 Å². The summed E-state index contributed by atoms with van der Waals surface area (Å²) in [4.78, 5) is 25.8. The van der Waals surface area contributed by atoms with Crippen molar-refractivity contribution in [3.63, 3.8) is 0 Å². The zero-order valence-corrected chi connectivity index (χ0v) is 18.6. The van der Waals surface area contributed by atoms with Crippen LogP contribution in [0.25, 0.3) is 6.08 Å². The van der Waals surface area contributed by atoms with Gasteiger partial charge in [0.25, 0.3) is 5.91 Å². The van der Waals surface area contributed by atoms with Gasteiger partial charge < -0.3 is 14.8 Å². The first-order valence-corrected chi connectivity index (χ1v) is 11.2. The predicted octanol–water partition coefficient (Wildman–Crippen LogP) is 4.59. The normalized spacial score (nSPS) is 16.2. The van der Waals surface area contributed by atoms with Crippen molar-refractivity contribution in [2.45, 2.75) is 6.54 Å². The number of Topliss-reactive ketones (excluding diaryl/α,β-unsaturated/α-hetero) is 1. The number of carbonyl (C=O) groups excluding carboxylic acids is 2. The molecule has 32 heavy (non-hydrogen) atoms. The van der Waals surface area contributed by atoms with Crippen molar-refractivity contribution in [3.8, 4) is 5.75 Å². The minimum atomic E-state index is -1.71. The number of allylic oxidation sites excluding steroid dienone is 1. The SMILES string of the molecule is COc1ccc(CNC(=O)c2ccc3c(c2)C(=O)/C(=C\c2ccc(Cl)cc2)S(=O)N3)cc1. The van der Waals surface area contributed by atoms with Gasteiger partial charge in [-0.3, -0.25) is 9.59 Å². The van der Waals surface area contributed by atoms with Gasteiger partial charge in [0.2, 0.25) is 5.78 Å². The molecule has 0 fully saturated rings. The fourth-order valence-corrected chi connectivity index (χ4v) is 4.33. The molecule has 3 aromatic carbocycles. The van der Waals surface area contributed by atoms with E-state index in [9.17, 15) is 13.8 Å². The highest BCUT2D eigenvalue weighted by atomic mass is 35.5. The second-order valence-corrected chi connectivity index (χ2v) is 8.67. The molecule has 0 radical (unpaired) electrons. The molecule has 0 spiro atoms. The first-order chi connectivity index (χ1) is 15.4. The summed E-state index contributed by atoms with van der Waals surface area (Å²) in [7, 11) is -0.114. The van der Waals surface area contributed by atoms with Crippen LogP contribution in [0.4, 0.5) is 5.69 Å². The third-order valence-corrected chi connectivity index (χ3v) is 6.29. The third kappa shape index (κ3) is 4.74. The van der Waals surface area contributed by atoms with Crippen molar-refractivity contribution in [3.05, 3.63) is 98.9 Å². The number of fused-ring (bicyclic) bond motifs is 1. The van der Waals surface area contributed by atoms with E-state index in [0.29, 0.717) is 33.9 Å². The van der Waals surface area contributed by atoms with Gasteiger partial charge in [-0.05, 0) is 59.7 Å². The molecule has 1 unspecified atom stereocenters. The Morgan fingerprint density at radius 1 is 1.09 bits per heavy atom. The summed E-state index contributed by atoms with van der Waals surface area (Å²) in [6.07, 6.45) is 1.56. The predicted molar refractivity (Wildman–Crippen MR) is 126 cm³/mol. The first kappa shape index (κ1) is 21.8. The van der Waals surface area contributed by atoms with E-state index in [-0.39, 0.29) is 10.8 Å². The molecule has 1 aliphatic heterocycles. The van der Waals surface area contributed by atoms with Crippen LogP contribution in [-0.2, 0) is 17.5 Å². The summed E-state index contributed by atoms with van der Waals surface area (Å²) in [5.41, 5.74) is 2.67. The number of ether oxygens (including phenoxy) is 1. The fourth-order valence-electron chi connectivity index (χ4n) is 3.19. The first-order valence-electron chi connectivity index (χ1n) is 9.70. The van der Waals surface area contributed by atoms with Gasteiger partial charge in [-0.15, -0.1) is 0 Å². The number of hydrogen-bond acceptors (Lipinski definition) is 4. The van der Waals surface area contributed by atoms with Crippen molar-refractivity contribution in [2.24, 2.45) is 0 Å². The Hall–Kier alpha value is -3.42. The Morgan fingerprint density at radius 3 is 2.50 bits per heavy atom. The molecule has 3 aromatic rings. The van der Waals surface area contributed by atoms with Crippen molar-refractivity contribution >= 4 is 46.0 Å². The van der Waals surface area contributed by atoms with Crippen LogP contribution in [0.15, 0.2) is 71.6 Å². The number of halogens is 1. The number of nitrogens with one attached hydrogen (secondary N) is 2. The fraction of sp³-hybridized carbons (Fsp3) is 0.0833. The highest BCUT2D eigenvalue weighted by Gasteiger charge is 2.28. The number of rotatable bonds is 5. The number of hydrogen-bond donors (Lipinski definition) is 2. The van der Waals surface area contributed by atoms with Crippen LogP contribution < -0.4 is 14.8 Å². The van der Waals surface area contributed by atoms with E-state index in [1.807, 2.05) is 24.3 Å². The Kier molecular flexibility index (Phi) is 6.39. The van der Waals surface area contributed by atoms with Crippen molar-refractivity contribution < 1.29 is 18.5 Å². The average molecular weight is 467 g/mol. The molecule has 0 aromatic heterocycles. The zero-order valence-electron chi connectivity index (χ0n) is 17.1. The maximum Gasteiger partial charge on any atom is 0.251 e. The smallest absolute Gasteiger partial charge is 0.251 e. The van der Waals surface area contributed by atoms with Crippen molar-refractivity contribution in [1.29, 1.82) is 0 Å². The van der Waals surface area contributed by atoms with E-state index in [0.717, 1.165) is 11.3 Å². The van der Waals surface area contributed by atoms with E-state index >= 15 is 0 Å². The molecule has 1 heterocycles. The van der Waals surface area contributed by atoms with E-state index in [2.05, 4.69) is 10.0 Å². The standard InChI is InChI=1S/C24H19ClN2O4S/c1-31-19-9-4-16(5-10-19)14-26-24(29)17-6-11-21-20(13-17)23(28)22(32(30)27-21)12-15-2-7-18(25)8-3-15/h2-13,27H,14H2,1H3,(H,26,29)/b22-12+. The lowest BCUT2D eigenvalue weighted by atomic mass is 10.0. The molecule has 6 nitrogen and oxygen atoms in total. The van der Waals surface area contributed by atoms with E-state index in [4.69, 9.17) is 16.3 Å². The molecule has 0 aliphatic carbocycles. The minimum absolute atomic E-state index is 0.107. The average Bonchev–Trinajstić information content (AvgIpc) is 2.81. The summed E-state index contributed by atoms with van der Waals surface area (Å²) in [5, 5.41) is 3.41. The van der Waals surface area contributed by atoms with Gasteiger partial charge in [-0.1, -0.05) is 35.9 Å². The van der Waals surface area contributed by atoms with E-state index < -0.39 is 16.8 Å². The number of benzene rings is 3. The van der Waals surface area contributed by atoms with Crippen LogP contribution in [0.5, 0.6) is 5.75 Å². The van der Waals surface area contributed by atoms with Gasteiger partial charge in [-0.25, -0.2) is 4.21 Å². The third-order valence-electron chi connectivity index (χ3n) is 4.93. The quantitative estimate of drug-likeness (QED) is 0.538. The van der Waals surface area contributed by atoms with E-state index in [1.54, 1.807) is 49.6 Å². The lowest BCUT2D eigenvalue weighted by molar-refractivity contribution is 0.0951. The van der Waals surface area contributed by atoms with Gasteiger partial charge in [0.05, 0.1) is 12.8 Å². The molecular formula is C24H19ClN2O4S. The Morgan fingerprint density at radius 2 is 1.81 bits per heavy atom. The molecule has 0 bridgehead atoms. The van der Waals surface area contributed by atoms with Crippen molar-refractivity contribution in [2.75, 3.05) is 11.8 Å². The van der Waals surface area contributed by atoms with Gasteiger partial charge >= 0.3 is 0 Å². The number of anilines is 1. The van der Waals surface area contributed by atoms with Gasteiger partial charge in [-0.2, -0.15) is 0 Å². The molecule has 2 N–H and O–H groups in total. The maximum absolute atomic E-state index is 13.0. The van der Waals surface area contributed by atoms with Gasteiger partial charge in [0, 0.05) is 22.7 Å². The highest BCUT2D eigenvalue weighted by molar-refractivity contribution is 7.91. The minimum Gasteiger partial charge on any atom is -0.497 e. The number of carbonyl (C=O) groups is 2. The van der Waals surface area contributed by atoms with Gasteiger partial charge in [0.15, 0.2) is 11.0 Å².